The maximum absolute atomic E-state index is 12.9. The van der Waals surface area contributed by atoms with Crippen LogP contribution in [-0.2, 0) is 28.6 Å². The first-order valence-electron chi connectivity index (χ1n) is 30.2. The molecule has 398 valence electrons. The van der Waals surface area contributed by atoms with Crippen LogP contribution in [0.15, 0.2) is 0 Å². The average molecular weight is 948 g/mol. The lowest BCUT2D eigenvalue weighted by atomic mass is 10.0. The van der Waals surface area contributed by atoms with Gasteiger partial charge >= 0.3 is 17.9 Å². The van der Waals surface area contributed by atoms with Gasteiger partial charge in [0.15, 0.2) is 6.10 Å². The fourth-order valence-electron chi connectivity index (χ4n) is 9.40. The summed E-state index contributed by atoms with van der Waals surface area (Å²) < 4.78 is 16.9. The first kappa shape index (κ1) is 65.4. The van der Waals surface area contributed by atoms with E-state index in [-0.39, 0.29) is 31.1 Å². The zero-order valence-electron chi connectivity index (χ0n) is 46.0. The van der Waals surface area contributed by atoms with Crippen molar-refractivity contribution in [3.05, 3.63) is 0 Å². The van der Waals surface area contributed by atoms with Gasteiger partial charge in [0, 0.05) is 19.3 Å². The summed E-state index contributed by atoms with van der Waals surface area (Å²) >= 11 is 0. The first-order valence-corrected chi connectivity index (χ1v) is 30.2. The summed E-state index contributed by atoms with van der Waals surface area (Å²) in [4.78, 5) is 38.1. The number of esters is 3. The van der Waals surface area contributed by atoms with E-state index in [9.17, 15) is 14.4 Å². The summed E-state index contributed by atoms with van der Waals surface area (Å²) in [5.74, 6) is 0.872. The number of rotatable bonds is 55. The highest BCUT2D eigenvalue weighted by Crippen LogP contribution is 2.19. The zero-order chi connectivity index (χ0) is 48.9. The molecule has 0 amide bonds. The van der Waals surface area contributed by atoms with Gasteiger partial charge in [0.05, 0.1) is 0 Å². The van der Waals surface area contributed by atoms with E-state index in [1.807, 2.05) is 0 Å². The van der Waals surface area contributed by atoms with Crippen LogP contribution >= 0.6 is 0 Å². The van der Waals surface area contributed by atoms with Crippen LogP contribution in [0.5, 0.6) is 0 Å². The van der Waals surface area contributed by atoms with Crippen LogP contribution in [0.1, 0.15) is 343 Å². The first-order chi connectivity index (χ1) is 32.7. The van der Waals surface area contributed by atoms with Gasteiger partial charge in [-0.2, -0.15) is 0 Å². The molecule has 0 N–H and O–H groups in total. The molecule has 0 unspecified atom stereocenters. The monoisotopic (exact) mass is 947 g/mol. The summed E-state index contributed by atoms with van der Waals surface area (Å²) in [6.07, 6.45) is 58.2. The number of carbonyl (C=O) groups is 3. The van der Waals surface area contributed by atoms with Crippen molar-refractivity contribution in [1.82, 2.24) is 0 Å². The normalized spacial score (nSPS) is 12.0. The Morgan fingerprint density at radius 1 is 0.284 bits per heavy atom. The quantitative estimate of drug-likeness (QED) is 0.0343. The molecule has 0 fully saturated rings. The second-order valence-corrected chi connectivity index (χ2v) is 21.9. The topological polar surface area (TPSA) is 78.9 Å². The van der Waals surface area contributed by atoms with Gasteiger partial charge in [-0.1, -0.05) is 304 Å². The largest absolute Gasteiger partial charge is 0.462 e. The highest BCUT2D eigenvalue weighted by atomic mass is 16.6. The van der Waals surface area contributed by atoms with Crippen LogP contribution in [0.25, 0.3) is 0 Å². The zero-order valence-corrected chi connectivity index (χ0v) is 46.0. The molecule has 0 aromatic carbocycles. The van der Waals surface area contributed by atoms with E-state index in [4.69, 9.17) is 14.2 Å². The second kappa shape index (κ2) is 53.8. The minimum absolute atomic E-state index is 0.0624. The van der Waals surface area contributed by atoms with Gasteiger partial charge < -0.3 is 14.2 Å². The lowest BCUT2D eigenvalue weighted by molar-refractivity contribution is -0.167. The Labute approximate surface area is 418 Å². The highest BCUT2D eigenvalue weighted by Gasteiger charge is 2.19. The summed E-state index contributed by atoms with van der Waals surface area (Å²) in [6.45, 7) is 11.4. The molecule has 0 aromatic heterocycles. The van der Waals surface area contributed by atoms with Crippen molar-refractivity contribution in [2.24, 2.45) is 11.8 Å². The van der Waals surface area contributed by atoms with Crippen LogP contribution < -0.4 is 0 Å². The van der Waals surface area contributed by atoms with E-state index >= 15 is 0 Å². The molecular weight excluding hydrogens is 829 g/mol. The fourth-order valence-corrected chi connectivity index (χ4v) is 9.40. The molecule has 67 heavy (non-hydrogen) atoms. The Bertz CT molecular complexity index is 1020. The summed E-state index contributed by atoms with van der Waals surface area (Å²) in [7, 11) is 0. The van der Waals surface area contributed by atoms with Crippen LogP contribution in [0.3, 0.4) is 0 Å². The van der Waals surface area contributed by atoms with E-state index in [1.54, 1.807) is 0 Å². The van der Waals surface area contributed by atoms with E-state index in [2.05, 4.69) is 34.6 Å². The summed E-state index contributed by atoms with van der Waals surface area (Å²) in [6, 6.07) is 0. The molecule has 0 heterocycles. The fraction of sp³-hybridized carbons (Fsp3) is 0.951. The highest BCUT2D eigenvalue weighted by molar-refractivity contribution is 5.71. The average Bonchev–Trinajstić information content (AvgIpc) is 3.30. The lowest BCUT2D eigenvalue weighted by Crippen LogP contribution is -2.30. The standard InChI is InChI=1S/C61H118O6/c1-6-7-8-9-10-29-36-41-46-51-59(62)65-54-58(55-66-60(63)52-47-42-37-32-27-23-19-16-15-18-22-26-31-35-40-45-50-57(4)5)67-61(64)53-48-43-38-33-28-24-20-14-12-11-13-17-21-25-30-34-39-44-49-56(2)3/h56-58H,6-55H2,1-5H3/t58-/m0/s1. The molecule has 6 nitrogen and oxygen atoms in total. The Hall–Kier alpha value is -1.59. The number of ether oxygens (including phenoxy) is 3. The van der Waals surface area contributed by atoms with Gasteiger partial charge in [0.1, 0.15) is 13.2 Å². The second-order valence-electron chi connectivity index (χ2n) is 21.9. The SMILES string of the molecule is CCCCCCCCCCCC(=O)OC[C@@H](COC(=O)CCCCCCCCCCCCCCCCCCC(C)C)OC(=O)CCCCCCCCCCCCCCCCCCCCC(C)C. The molecule has 0 aliphatic rings. The number of carbonyl (C=O) groups excluding carboxylic acids is 3. The molecule has 0 radical (unpaired) electrons. The van der Waals surface area contributed by atoms with Crippen molar-refractivity contribution in [3.8, 4) is 0 Å². The number of unbranched alkanes of at least 4 members (excludes halogenated alkanes) is 40. The Morgan fingerprint density at radius 3 is 0.731 bits per heavy atom. The molecule has 0 spiro atoms. The van der Waals surface area contributed by atoms with E-state index in [1.165, 1.54) is 231 Å². The molecule has 0 bridgehead atoms. The molecule has 0 aliphatic heterocycles. The lowest BCUT2D eigenvalue weighted by Gasteiger charge is -2.18. The summed E-state index contributed by atoms with van der Waals surface area (Å²) in [5, 5.41) is 0. The molecule has 0 aromatic rings. The molecule has 6 heteroatoms. The van der Waals surface area contributed by atoms with E-state index in [0.717, 1.165) is 69.6 Å². The molecule has 0 saturated carbocycles. The third-order valence-electron chi connectivity index (χ3n) is 14.0. The Balaban J connectivity index is 4.18. The van der Waals surface area contributed by atoms with Crippen molar-refractivity contribution in [1.29, 1.82) is 0 Å². The van der Waals surface area contributed by atoms with Gasteiger partial charge in [-0.25, -0.2) is 0 Å². The van der Waals surface area contributed by atoms with Crippen LogP contribution in [0.4, 0.5) is 0 Å². The van der Waals surface area contributed by atoms with Gasteiger partial charge in [-0.05, 0) is 31.1 Å². The van der Waals surface area contributed by atoms with Gasteiger partial charge in [0.2, 0.25) is 0 Å². The van der Waals surface area contributed by atoms with E-state index in [0.29, 0.717) is 19.3 Å². The number of hydrogen-bond donors (Lipinski definition) is 0. The van der Waals surface area contributed by atoms with Gasteiger partial charge in [0.25, 0.3) is 0 Å². The Kier molecular flexibility index (Phi) is 52.5. The van der Waals surface area contributed by atoms with Crippen LogP contribution in [0.2, 0.25) is 0 Å². The van der Waals surface area contributed by atoms with Crippen LogP contribution in [-0.4, -0.2) is 37.2 Å². The van der Waals surface area contributed by atoms with Gasteiger partial charge in [-0.15, -0.1) is 0 Å². The molecule has 1 atom stereocenters. The third-order valence-corrected chi connectivity index (χ3v) is 14.0. The van der Waals surface area contributed by atoms with Crippen molar-refractivity contribution >= 4 is 17.9 Å². The Morgan fingerprint density at radius 2 is 0.493 bits per heavy atom. The molecule has 0 saturated heterocycles. The summed E-state index contributed by atoms with van der Waals surface area (Å²) in [5.41, 5.74) is 0. The molecular formula is C61H118O6. The predicted molar refractivity (Wildman–Crippen MR) is 289 cm³/mol. The molecule has 0 aliphatic carbocycles. The smallest absolute Gasteiger partial charge is 0.306 e. The molecule has 0 rings (SSSR count). The van der Waals surface area contributed by atoms with Crippen molar-refractivity contribution < 1.29 is 28.6 Å². The predicted octanol–water partition coefficient (Wildman–Crippen LogP) is 20.0. The van der Waals surface area contributed by atoms with E-state index < -0.39 is 6.10 Å². The maximum Gasteiger partial charge on any atom is 0.306 e. The van der Waals surface area contributed by atoms with Crippen molar-refractivity contribution in [2.45, 2.75) is 349 Å². The third kappa shape index (κ3) is 55.2. The van der Waals surface area contributed by atoms with Crippen molar-refractivity contribution in [2.75, 3.05) is 13.2 Å². The van der Waals surface area contributed by atoms with Crippen molar-refractivity contribution in [3.63, 3.8) is 0 Å². The minimum atomic E-state index is -0.762. The maximum atomic E-state index is 12.9. The minimum Gasteiger partial charge on any atom is -0.462 e. The van der Waals surface area contributed by atoms with Crippen LogP contribution in [0, 0.1) is 11.8 Å². The number of hydrogen-bond acceptors (Lipinski definition) is 6. The van der Waals surface area contributed by atoms with Gasteiger partial charge in [-0.3, -0.25) is 14.4 Å².